The number of carbonyl (C=O) groups is 1. The Morgan fingerprint density at radius 2 is 2.00 bits per heavy atom. The van der Waals surface area contributed by atoms with E-state index in [0.29, 0.717) is 12.6 Å². The third kappa shape index (κ3) is 6.95. The van der Waals surface area contributed by atoms with Crippen molar-refractivity contribution in [3.05, 3.63) is 0 Å². The van der Waals surface area contributed by atoms with E-state index in [0.717, 1.165) is 31.2 Å². The number of nitrogens with one attached hydrogen (secondary N) is 2. The molecule has 1 aliphatic carbocycles. The smallest absolute Gasteiger partial charge is 0.234 e. The van der Waals surface area contributed by atoms with Gasteiger partial charge in [0, 0.05) is 6.04 Å². The molecule has 2 atom stereocenters. The molecular weight excluding hydrogens is 236 g/mol. The summed E-state index contributed by atoms with van der Waals surface area (Å²) in [7, 11) is 0. The lowest BCUT2D eigenvalue weighted by atomic mass is 9.81. The quantitative estimate of drug-likeness (QED) is 0.664. The van der Waals surface area contributed by atoms with Crippen LogP contribution in [0, 0.1) is 11.8 Å². The molecule has 0 heterocycles. The van der Waals surface area contributed by atoms with E-state index in [1.54, 1.807) is 0 Å². The molecule has 0 aromatic carbocycles. The van der Waals surface area contributed by atoms with Gasteiger partial charge < -0.3 is 10.6 Å². The SMILES string of the molecule is CCC(CC)NC(=O)CNCCC1CCCC(C)C1. The Kier molecular flexibility index (Phi) is 8.11. The normalized spacial score (nSPS) is 23.6. The van der Waals surface area contributed by atoms with Gasteiger partial charge in [-0.2, -0.15) is 0 Å². The van der Waals surface area contributed by atoms with E-state index in [1.165, 1.54) is 32.1 Å². The summed E-state index contributed by atoms with van der Waals surface area (Å²) in [5.41, 5.74) is 0. The Labute approximate surface area is 118 Å². The average Bonchev–Trinajstić information content (AvgIpc) is 2.41. The zero-order valence-corrected chi connectivity index (χ0v) is 13.0. The third-order valence-corrected chi connectivity index (χ3v) is 4.41. The van der Waals surface area contributed by atoms with Gasteiger partial charge in [-0.25, -0.2) is 0 Å². The van der Waals surface area contributed by atoms with Gasteiger partial charge in [-0.15, -0.1) is 0 Å². The molecule has 0 saturated heterocycles. The van der Waals surface area contributed by atoms with Gasteiger partial charge in [-0.3, -0.25) is 4.79 Å². The monoisotopic (exact) mass is 268 g/mol. The van der Waals surface area contributed by atoms with Crippen LogP contribution in [0.1, 0.15) is 65.7 Å². The zero-order valence-electron chi connectivity index (χ0n) is 13.0. The first kappa shape index (κ1) is 16.5. The molecule has 0 aromatic rings. The van der Waals surface area contributed by atoms with Crippen LogP contribution in [0.5, 0.6) is 0 Å². The second-order valence-electron chi connectivity index (χ2n) is 6.18. The molecule has 2 unspecified atom stereocenters. The fraction of sp³-hybridized carbons (Fsp3) is 0.938. The van der Waals surface area contributed by atoms with Gasteiger partial charge in [-0.05, 0) is 44.1 Å². The van der Waals surface area contributed by atoms with Crippen LogP contribution >= 0.6 is 0 Å². The van der Waals surface area contributed by atoms with E-state index < -0.39 is 0 Å². The summed E-state index contributed by atoms with van der Waals surface area (Å²) in [5.74, 6) is 1.92. The Morgan fingerprint density at radius 1 is 1.26 bits per heavy atom. The van der Waals surface area contributed by atoms with E-state index in [1.807, 2.05) is 0 Å². The second-order valence-corrected chi connectivity index (χ2v) is 6.18. The van der Waals surface area contributed by atoms with Crippen molar-refractivity contribution in [3.63, 3.8) is 0 Å². The molecule has 0 spiro atoms. The highest BCUT2D eigenvalue weighted by Gasteiger charge is 2.18. The molecule has 0 aliphatic heterocycles. The van der Waals surface area contributed by atoms with Crippen molar-refractivity contribution in [2.45, 2.75) is 71.8 Å². The highest BCUT2D eigenvalue weighted by atomic mass is 16.1. The van der Waals surface area contributed by atoms with Crippen molar-refractivity contribution < 1.29 is 4.79 Å². The summed E-state index contributed by atoms with van der Waals surface area (Å²) in [6.45, 7) is 8.05. The molecule has 0 radical (unpaired) electrons. The lowest BCUT2D eigenvalue weighted by molar-refractivity contribution is -0.121. The molecule has 1 amide bonds. The first-order valence-corrected chi connectivity index (χ1v) is 8.15. The van der Waals surface area contributed by atoms with Gasteiger partial charge in [0.2, 0.25) is 5.91 Å². The van der Waals surface area contributed by atoms with Crippen LogP contribution in [0.15, 0.2) is 0 Å². The molecule has 19 heavy (non-hydrogen) atoms. The van der Waals surface area contributed by atoms with Crippen LogP contribution < -0.4 is 10.6 Å². The highest BCUT2D eigenvalue weighted by Crippen LogP contribution is 2.30. The first-order valence-electron chi connectivity index (χ1n) is 8.15. The summed E-state index contributed by atoms with van der Waals surface area (Å²) >= 11 is 0. The van der Waals surface area contributed by atoms with Gasteiger partial charge in [0.15, 0.2) is 0 Å². The van der Waals surface area contributed by atoms with E-state index >= 15 is 0 Å². The molecule has 1 fully saturated rings. The van der Waals surface area contributed by atoms with Crippen molar-refractivity contribution in [2.24, 2.45) is 11.8 Å². The standard InChI is InChI=1S/C16H32N2O/c1-4-15(5-2)18-16(19)12-17-10-9-14-8-6-7-13(3)11-14/h13-15,17H,4-12H2,1-3H3,(H,18,19). The molecule has 2 N–H and O–H groups in total. The maximum atomic E-state index is 11.7. The highest BCUT2D eigenvalue weighted by molar-refractivity contribution is 5.78. The molecule has 0 bridgehead atoms. The van der Waals surface area contributed by atoms with Gasteiger partial charge in [0.1, 0.15) is 0 Å². The predicted molar refractivity (Wildman–Crippen MR) is 81.1 cm³/mol. The number of hydrogen-bond acceptors (Lipinski definition) is 2. The van der Waals surface area contributed by atoms with E-state index in [2.05, 4.69) is 31.4 Å². The Morgan fingerprint density at radius 3 is 2.63 bits per heavy atom. The van der Waals surface area contributed by atoms with Crippen molar-refractivity contribution in [2.75, 3.05) is 13.1 Å². The zero-order chi connectivity index (χ0) is 14.1. The Hall–Kier alpha value is -0.570. The van der Waals surface area contributed by atoms with Gasteiger partial charge >= 0.3 is 0 Å². The number of hydrogen-bond donors (Lipinski definition) is 2. The van der Waals surface area contributed by atoms with Crippen molar-refractivity contribution in [3.8, 4) is 0 Å². The van der Waals surface area contributed by atoms with Gasteiger partial charge in [-0.1, -0.05) is 40.0 Å². The molecule has 3 nitrogen and oxygen atoms in total. The molecule has 3 heteroatoms. The minimum Gasteiger partial charge on any atom is -0.352 e. The van der Waals surface area contributed by atoms with Crippen LogP contribution in [-0.4, -0.2) is 25.0 Å². The molecule has 112 valence electrons. The van der Waals surface area contributed by atoms with E-state index in [-0.39, 0.29) is 5.91 Å². The fourth-order valence-corrected chi connectivity index (χ4v) is 3.10. The minimum atomic E-state index is 0.144. The lowest BCUT2D eigenvalue weighted by Crippen LogP contribution is -2.40. The fourth-order valence-electron chi connectivity index (χ4n) is 3.10. The van der Waals surface area contributed by atoms with Crippen LogP contribution in [0.25, 0.3) is 0 Å². The molecular formula is C16H32N2O. The van der Waals surface area contributed by atoms with E-state index in [4.69, 9.17) is 0 Å². The summed E-state index contributed by atoms with van der Waals surface area (Å²) < 4.78 is 0. The molecule has 1 aliphatic rings. The Bertz CT molecular complexity index is 251. The summed E-state index contributed by atoms with van der Waals surface area (Å²) in [6.07, 6.45) is 8.81. The Balaban J connectivity index is 2.05. The molecule has 0 aromatic heterocycles. The average molecular weight is 268 g/mol. The lowest BCUT2D eigenvalue weighted by Gasteiger charge is -2.26. The third-order valence-electron chi connectivity index (χ3n) is 4.41. The first-order chi connectivity index (χ1) is 9.15. The predicted octanol–water partition coefficient (Wildman–Crippen LogP) is 3.10. The topological polar surface area (TPSA) is 41.1 Å². The number of amides is 1. The largest absolute Gasteiger partial charge is 0.352 e. The van der Waals surface area contributed by atoms with Crippen LogP contribution in [0.4, 0.5) is 0 Å². The molecule has 1 rings (SSSR count). The van der Waals surface area contributed by atoms with Gasteiger partial charge in [0.25, 0.3) is 0 Å². The van der Waals surface area contributed by atoms with Crippen LogP contribution in [-0.2, 0) is 4.79 Å². The minimum absolute atomic E-state index is 0.144. The van der Waals surface area contributed by atoms with Crippen molar-refractivity contribution >= 4 is 5.91 Å². The number of rotatable bonds is 8. The van der Waals surface area contributed by atoms with Crippen LogP contribution in [0.2, 0.25) is 0 Å². The maximum absolute atomic E-state index is 11.7. The summed E-state index contributed by atoms with van der Waals surface area (Å²) in [5, 5.41) is 6.35. The summed E-state index contributed by atoms with van der Waals surface area (Å²) in [4.78, 5) is 11.7. The van der Waals surface area contributed by atoms with Gasteiger partial charge in [0.05, 0.1) is 6.54 Å². The number of carbonyl (C=O) groups excluding carboxylic acids is 1. The van der Waals surface area contributed by atoms with E-state index in [9.17, 15) is 4.79 Å². The maximum Gasteiger partial charge on any atom is 0.234 e. The van der Waals surface area contributed by atoms with Crippen molar-refractivity contribution in [1.29, 1.82) is 0 Å². The van der Waals surface area contributed by atoms with Crippen molar-refractivity contribution in [1.82, 2.24) is 10.6 Å². The summed E-state index contributed by atoms with van der Waals surface area (Å²) in [6, 6.07) is 0.341. The van der Waals surface area contributed by atoms with Crippen LogP contribution in [0.3, 0.4) is 0 Å². The second kappa shape index (κ2) is 9.35. The molecule has 1 saturated carbocycles.